The maximum absolute atomic E-state index is 12.8. The molecule has 1 saturated heterocycles. The third kappa shape index (κ3) is 5.22. The summed E-state index contributed by atoms with van der Waals surface area (Å²) in [6.07, 6.45) is 1.67. The number of aromatic nitrogens is 1. The lowest BCUT2D eigenvalue weighted by Gasteiger charge is -2.39. The van der Waals surface area contributed by atoms with Crippen molar-refractivity contribution in [2.24, 2.45) is 0 Å². The molecular weight excluding hydrogens is 444 g/mol. The summed E-state index contributed by atoms with van der Waals surface area (Å²) >= 11 is 0. The van der Waals surface area contributed by atoms with Gasteiger partial charge in [0.25, 0.3) is 5.91 Å². The van der Waals surface area contributed by atoms with Crippen LogP contribution in [-0.4, -0.2) is 55.8 Å². The van der Waals surface area contributed by atoms with Crippen molar-refractivity contribution in [3.63, 3.8) is 0 Å². The van der Waals surface area contributed by atoms with Gasteiger partial charge in [0, 0.05) is 50.0 Å². The van der Waals surface area contributed by atoms with Crippen molar-refractivity contribution in [1.82, 2.24) is 15.4 Å². The number of methoxy groups -OCH3 is 1. The number of ether oxygens (including phenoxy) is 1. The number of furan rings is 1. The molecule has 1 aliphatic heterocycles. The number of carbonyl (C=O) groups excluding carboxylic acids is 1. The molecule has 0 bridgehead atoms. The van der Waals surface area contributed by atoms with Crippen molar-refractivity contribution < 1.29 is 18.5 Å². The molecule has 1 aliphatic rings. The Morgan fingerprint density at radius 1 is 1.03 bits per heavy atom. The van der Waals surface area contributed by atoms with Crippen LogP contribution in [0.3, 0.4) is 0 Å². The molecule has 0 aliphatic carbocycles. The zero-order valence-electron chi connectivity index (χ0n) is 19.6. The first kappa shape index (κ1) is 22.7. The minimum atomic E-state index is -0.274. The number of carbonyl (C=O) groups is 1. The van der Waals surface area contributed by atoms with E-state index in [1.807, 2.05) is 54.6 Å². The molecule has 1 unspecified atom stereocenters. The summed E-state index contributed by atoms with van der Waals surface area (Å²) < 4.78 is 16.4. The van der Waals surface area contributed by atoms with E-state index in [-0.39, 0.29) is 17.6 Å². The summed E-state index contributed by atoms with van der Waals surface area (Å²) in [4.78, 5) is 17.5. The Balaban J connectivity index is 1.22. The van der Waals surface area contributed by atoms with E-state index in [1.165, 1.54) is 5.69 Å². The molecule has 35 heavy (non-hydrogen) atoms. The standard InChI is InChI=1S/C27H28N4O4/c1-33-22-11-9-21(10-12-22)30-13-15-31(16-14-30)24(25-8-5-17-34-25)19-28-27(32)23-18-26(35-29-23)20-6-3-2-4-7-20/h2-12,17-18,24H,13-16,19H2,1H3,(H,28,32). The Hall–Kier alpha value is -4.04. The Morgan fingerprint density at radius 3 is 2.49 bits per heavy atom. The van der Waals surface area contributed by atoms with Crippen LogP contribution in [-0.2, 0) is 0 Å². The van der Waals surface area contributed by atoms with Crippen LogP contribution in [0.15, 0.2) is 88.0 Å². The molecule has 0 radical (unpaired) electrons. The molecular formula is C27H28N4O4. The van der Waals surface area contributed by atoms with Crippen molar-refractivity contribution in [2.45, 2.75) is 6.04 Å². The molecule has 3 heterocycles. The highest BCUT2D eigenvalue weighted by molar-refractivity contribution is 5.93. The average Bonchev–Trinajstić information content (AvgIpc) is 3.63. The van der Waals surface area contributed by atoms with E-state index in [0.717, 1.165) is 43.3 Å². The van der Waals surface area contributed by atoms with E-state index in [1.54, 1.807) is 19.4 Å². The number of rotatable bonds is 8. The molecule has 0 saturated carbocycles. The zero-order valence-corrected chi connectivity index (χ0v) is 19.6. The summed E-state index contributed by atoms with van der Waals surface area (Å²) in [5.74, 6) is 1.97. The van der Waals surface area contributed by atoms with Crippen LogP contribution < -0.4 is 15.0 Å². The summed E-state index contributed by atoms with van der Waals surface area (Å²) in [7, 11) is 1.67. The quantitative estimate of drug-likeness (QED) is 0.411. The fourth-order valence-corrected chi connectivity index (χ4v) is 4.38. The minimum absolute atomic E-state index is 0.0764. The second-order valence-electron chi connectivity index (χ2n) is 8.40. The number of hydrogen-bond acceptors (Lipinski definition) is 7. The van der Waals surface area contributed by atoms with Crippen molar-refractivity contribution in [3.05, 3.63) is 90.5 Å². The minimum Gasteiger partial charge on any atom is -0.497 e. The predicted octanol–water partition coefficient (Wildman–Crippen LogP) is 4.24. The van der Waals surface area contributed by atoms with Gasteiger partial charge in [-0.05, 0) is 36.4 Å². The maximum Gasteiger partial charge on any atom is 0.273 e. The third-order valence-corrected chi connectivity index (χ3v) is 6.32. The highest BCUT2D eigenvalue weighted by Gasteiger charge is 2.28. The van der Waals surface area contributed by atoms with Gasteiger partial charge in [-0.25, -0.2) is 0 Å². The molecule has 4 aromatic rings. The Morgan fingerprint density at radius 2 is 1.80 bits per heavy atom. The van der Waals surface area contributed by atoms with Gasteiger partial charge in [0.15, 0.2) is 11.5 Å². The predicted molar refractivity (Wildman–Crippen MR) is 133 cm³/mol. The summed E-state index contributed by atoms with van der Waals surface area (Å²) in [6, 6.07) is 23.2. The first-order valence-corrected chi connectivity index (χ1v) is 11.7. The second kappa shape index (κ2) is 10.5. The fraction of sp³-hybridized carbons (Fsp3) is 0.259. The van der Waals surface area contributed by atoms with Gasteiger partial charge in [-0.3, -0.25) is 9.69 Å². The van der Waals surface area contributed by atoms with E-state index in [4.69, 9.17) is 13.7 Å². The number of piperazine rings is 1. The molecule has 5 rings (SSSR count). The normalized spacial score (nSPS) is 15.1. The lowest BCUT2D eigenvalue weighted by Crippen LogP contribution is -2.49. The highest BCUT2D eigenvalue weighted by Crippen LogP contribution is 2.26. The fourth-order valence-electron chi connectivity index (χ4n) is 4.38. The van der Waals surface area contributed by atoms with E-state index in [2.05, 4.69) is 32.4 Å². The number of amides is 1. The molecule has 8 heteroatoms. The van der Waals surface area contributed by atoms with E-state index in [0.29, 0.717) is 12.3 Å². The van der Waals surface area contributed by atoms with Crippen molar-refractivity contribution >= 4 is 11.6 Å². The lowest BCUT2D eigenvalue weighted by atomic mass is 10.1. The molecule has 2 aromatic heterocycles. The summed E-state index contributed by atoms with van der Waals surface area (Å²) in [6.45, 7) is 3.84. The van der Waals surface area contributed by atoms with Crippen LogP contribution in [0, 0.1) is 0 Å². The third-order valence-electron chi connectivity index (χ3n) is 6.32. The number of anilines is 1. The van der Waals surface area contributed by atoms with Crippen LogP contribution in [0.25, 0.3) is 11.3 Å². The SMILES string of the molecule is COc1ccc(N2CCN(C(CNC(=O)c3cc(-c4ccccc4)on3)c3ccco3)CC2)cc1. The van der Waals surface area contributed by atoms with Gasteiger partial charge in [0.2, 0.25) is 0 Å². The number of nitrogens with one attached hydrogen (secondary N) is 1. The van der Waals surface area contributed by atoms with Gasteiger partial charge in [-0.15, -0.1) is 0 Å². The van der Waals surface area contributed by atoms with Crippen LogP contribution in [0.5, 0.6) is 5.75 Å². The van der Waals surface area contributed by atoms with Crippen molar-refractivity contribution in [3.8, 4) is 17.1 Å². The monoisotopic (exact) mass is 472 g/mol. The van der Waals surface area contributed by atoms with Crippen LogP contribution in [0.2, 0.25) is 0 Å². The molecule has 1 fully saturated rings. The van der Waals surface area contributed by atoms with Crippen LogP contribution in [0.4, 0.5) is 5.69 Å². The number of hydrogen-bond donors (Lipinski definition) is 1. The van der Waals surface area contributed by atoms with Gasteiger partial charge in [0.05, 0.1) is 19.4 Å². The van der Waals surface area contributed by atoms with Gasteiger partial charge < -0.3 is 23.9 Å². The smallest absolute Gasteiger partial charge is 0.273 e. The largest absolute Gasteiger partial charge is 0.497 e. The molecule has 8 nitrogen and oxygen atoms in total. The number of benzene rings is 2. The van der Waals surface area contributed by atoms with E-state index in [9.17, 15) is 4.79 Å². The topological polar surface area (TPSA) is 84.0 Å². The van der Waals surface area contributed by atoms with Gasteiger partial charge in [0.1, 0.15) is 11.5 Å². The van der Waals surface area contributed by atoms with Crippen molar-refractivity contribution in [1.29, 1.82) is 0 Å². The molecule has 0 spiro atoms. The number of nitrogens with zero attached hydrogens (tertiary/aromatic N) is 3. The molecule has 1 N–H and O–H groups in total. The second-order valence-corrected chi connectivity index (χ2v) is 8.40. The Kier molecular flexibility index (Phi) is 6.81. The lowest BCUT2D eigenvalue weighted by molar-refractivity contribution is 0.0914. The van der Waals surface area contributed by atoms with E-state index >= 15 is 0 Å². The Bertz CT molecular complexity index is 1210. The summed E-state index contributed by atoms with van der Waals surface area (Å²) in [5, 5.41) is 6.98. The molecule has 1 amide bonds. The first-order chi connectivity index (χ1) is 17.2. The van der Waals surface area contributed by atoms with Gasteiger partial charge in [-0.2, -0.15) is 0 Å². The molecule has 180 valence electrons. The highest BCUT2D eigenvalue weighted by atomic mass is 16.5. The van der Waals surface area contributed by atoms with Crippen molar-refractivity contribution in [2.75, 3.05) is 44.7 Å². The van der Waals surface area contributed by atoms with Gasteiger partial charge >= 0.3 is 0 Å². The summed E-state index contributed by atoms with van der Waals surface area (Å²) in [5.41, 5.74) is 2.31. The van der Waals surface area contributed by atoms with E-state index < -0.39 is 0 Å². The average molecular weight is 473 g/mol. The van der Waals surface area contributed by atoms with Crippen LogP contribution in [0.1, 0.15) is 22.3 Å². The maximum atomic E-state index is 12.8. The molecule has 2 aromatic carbocycles. The first-order valence-electron chi connectivity index (χ1n) is 11.7. The van der Waals surface area contributed by atoms with Gasteiger partial charge in [-0.1, -0.05) is 35.5 Å². The van der Waals surface area contributed by atoms with Crippen LogP contribution >= 0.6 is 0 Å². The molecule has 1 atom stereocenters. The Labute approximate surface area is 204 Å². The zero-order chi connectivity index (χ0) is 24.0.